The predicted molar refractivity (Wildman–Crippen MR) is 58.5 cm³/mol. The van der Waals surface area contributed by atoms with Crippen LogP contribution in [-0.4, -0.2) is 26.2 Å². The highest BCUT2D eigenvalue weighted by Crippen LogP contribution is 2.15. The number of benzene rings is 1. The third-order valence-corrected chi connectivity index (χ3v) is 1.95. The minimum atomic E-state index is -0.593. The van der Waals surface area contributed by atoms with Crippen LogP contribution in [0.15, 0.2) is 36.4 Å². The topological polar surface area (TPSA) is 52.6 Å². The standard InChI is InChI=1S/C12H12O4/c1-15-11(13)8-10(12(14)16-2)9-6-4-3-5-7-9/h3-8H,1-2H3/b10-8+. The molecule has 1 aromatic rings. The molecule has 4 heteroatoms. The molecule has 1 rings (SSSR count). The third kappa shape index (κ3) is 2.95. The van der Waals surface area contributed by atoms with Crippen molar-refractivity contribution in [2.75, 3.05) is 14.2 Å². The van der Waals surface area contributed by atoms with Crippen molar-refractivity contribution in [2.24, 2.45) is 0 Å². The van der Waals surface area contributed by atoms with Gasteiger partial charge in [0.1, 0.15) is 0 Å². The van der Waals surface area contributed by atoms with Gasteiger partial charge in [0.25, 0.3) is 0 Å². The first-order valence-corrected chi connectivity index (χ1v) is 4.62. The maximum Gasteiger partial charge on any atom is 0.338 e. The van der Waals surface area contributed by atoms with Crippen LogP contribution in [0.3, 0.4) is 0 Å². The van der Waals surface area contributed by atoms with Gasteiger partial charge in [0.2, 0.25) is 0 Å². The SMILES string of the molecule is COC(=O)/C=C(/C(=O)OC)c1ccccc1. The summed E-state index contributed by atoms with van der Waals surface area (Å²) >= 11 is 0. The van der Waals surface area contributed by atoms with E-state index in [0.717, 1.165) is 6.08 Å². The molecule has 0 radical (unpaired) electrons. The zero-order chi connectivity index (χ0) is 12.0. The van der Waals surface area contributed by atoms with Gasteiger partial charge in [-0.1, -0.05) is 30.3 Å². The van der Waals surface area contributed by atoms with Crippen LogP contribution >= 0.6 is 0 Å². The van der Waals surface area contributed by atoms with E-state index in [4.69, 9.17) is 0 Å². The lowest BCUT2D eigenvalue weighted by Gasteiger charge is -2.04. The van der Waals surface area contributed by atoms with Crippen molar-refractivity contribution < 1.29 is 19.1 Å². The second kappa shape index (κ2) is 5.70. The first-order chi connectivity index (χ1) is 7.69. The molecule has 0 heterocycles. The van der Waals surface area contributed by atoms with Gasteiger partial charge in [0, 0.05) is 6.08 Å². The Labute approximate surface area is 93.5 Å². The van der Waals surface area contributed by atoms with E-state index in [1.807, 2.05) is 6.07 Å². The number of rotatable bonds is 3. The Morgan fingerprint density at radius 2 is 1.69 bits per heavy atom. The summed E-state index contributed by atoms with van der Waals surface area (Å²) in [7, 11) is 2.51. The van der Waals surface area contributed by atoms with E-state index in [-0.39, 0.29) is 5.57 Å². The first-order valence-electron chi connectivity index (χ1n) is 4.62. The van der Waals surface area contributed by atoms with Crippen LogP contribution in [0.25, 0.3) is 5.57 Å². The van der Waals surface area contributed by atoms with Gasteiger partial charge < -0.3 is 9.47 Å². The van der Waals surface area contributed by atoms with Crippen LogP contribution in [0.4, 0.5) is 0 Å². The molecule has 0 amide bonds. The monoisotopic (exact) mass is 220 g/mol. The Balaban J connectivity index is 3.11. The van der Waals surface area contributed by atoms with Crippen molar-refractivity contribution in [1.29, 1.82) is 0 Å². The minimum Gasteiger partial charge on any atom is -0.466 e. The van der Waals surface area contributed by atoms with E-state index in [0.29, 0.717) is 5.56 Å². The smallest absolute Gasteiger partial charge is 0.338 e. The highest BCUT2D eigenvalue weighted by molar-refractivity contribution is 6.20. The van der Waals surface area contributed by atoms with E-state index < -0.39 is 11.9 Å². The molecule has 84 valence electrons. The van der Waals surface area contributed by atoms with E-state index >= 15 is 0 Å². The number of esters is 2. The normalized spacial score (nSPS) is 10.8. The van der Waals surface area contributed by atoms with Crippen LogP contribution < -0.4 is 0 Å². The van der Waals surface area contributed by atoms with Gasteiger partial charge in [-0.05, 0) is 5.56 Å². The molecule has 0 aliphatic carbocycles. The maximum absolute atomic E-state index is 11.5. The number of carbonyl (C=O) groups is 2. The van der Waals surface area contributed by atoms with Crippen molar-refractivity contribution in [3.05, 3.63) is 42.0 Å². The van der Waals surface area contributed by atoms with Gasteiger partial charge in [0.15, 0.2) is 0 Å². The fourth-order valence-electron chi connectivity index (χ4n) is 1.16. The Morgan fingerprint density at radius 3 is 2.19 bits per heavy atom. The summed E-state index contributed by atoms with van der Waals surface area (Å²) in [6, 6.07) is 8.78. The molecule has 0 aliphatic rings. The zero-order valence-electron chi connectivity index (χ0n) is 9.10. The molecule has 0 aliphatic heterocycles. The molecule has 0 spiro atoms. The Bertz CT molecular complexity index is 406. The summed E-state index contributed by atoms with van der Waals surface area (Å²) in [5.74, 6) is -1.17. The third-order valence-electron chi connectivity index (χ3n) is 1.95. The van der Waals surface area contributed by atoms with Gasteiger partial charge >= 0.3 is 11.9 Å². The van der Waals surface area contributed by atoms with Crippen LogP contribution in [0.1, 0.15) is 5.56 Å². The lowest BCUT2D eigenvalue weighted by atomic mass is 10.1. The number of carbonyl (C=O) groups excluding carboxylic acids is 2. The van der Waals surface area contributed by atoms with E-state index in [1.165, 1.54) is 14.2 Å². The molecule has 0 atom stereocenters. The summed E-state index contributed by atoms with van der Waals surface area (Å²) in [6.07, 6.45) is 1.11. The molecule has 4 nitrogen and oxygen atoms in total. The molecule has 16 heavy (non-hydrogen) atoms. The highest BCUT2D eigenvalue weighted by atomic mass is 16.5. The van der Waals surface area contributed by atoms with Gasteiger partial charge in [-0.2, -0.15) is 0 Å². The van der Waals surface area contributed by atoms with E-state index in [2.05, 4.69) is 9.47 Å². The lowest BCUT2D eigenvalue weighted by Crippen LogP contribution is -2.07. The molecular weight excluding hydrogens is 208 g/mol. The largest absolute Gasteiger partial charge is 0.466 e. The van der Waals surface area contributed by atoms with Gasteiger partial charge in [0.05, 0.1) is 19.8 Å². The van der Waals surface area contributed by atoms with Crippen LogP contribution in [0, 0.1) is 0 Å². The average Bonchev–Trinajstić information content (AvgIpc) is 2.35. The fraction of sp³-hybridized carbons (Fsp3) is 0.167. The lowest BCUT2D eigenvalue weighted by molar-refractivity contribution is -0.136. The van der Waals surface area contributed by atoms with Crippen LogP contribution in [0.5, 0.6) is 0 Å². The van der Waals surface area contributed by atoms with Crippen molar-refractivity contribution in [1.82, 2.24) is 0 Å². The van der Waals surface area contributed by atoms with Gasteiger partial charge in [-0.3, -0.25) is 0 Å². The first kappa shape index (κ1) is 12.0. The summed E-state index contributed by atoms with van der Waals surface area (Å²) < 4.78 is 9.07. The molecule has 0 bridgehead atoms. The molecule has 0 saturated carbocycles. The zero-order valence-corrected chi connectivity index (χ0v) is 9.10. The van der Waals surface area contributed by atoms with Crippen LogP contribution in [0.2, 0.25) is 0 Å². The number of hydrogen-bond donors (Lipinski definition) is 0. The molecule has 0 saturated heterocycles. The van der Waals surface area contributed by atoms with E-state index in [1.54, 1.807) is 24.3 Å². The van der Waals surface area contributed by atoms with Crippen molar-refractivity contribution in [3.63, 3.8) is 0 Å². The van der Waals surface area contributed by atoms with Gasteiger partial charge in [-0.25, -0.2) is 9.59 Å². The molecule has 0 aromatic heterocycles. The number of hydrogen-bond acceptors (Lipinski definition) is 4. The number of methoxy groups -OCH3 is 2. The molecule has 0 N–H and O–H groups in total. The second-order valence-electron chi connectivity index (χ2n) is 2.94. The van der Waals surface area contributed by atoms with Gasteiger partial charge in [-0.15, -0.1) is 0 Å². The molecular formula is C12H12O4. The predicted octanol–water partition coefficient (Wildman–Crippen LogP) is 1.42. The summed E-state index contributed by atoms with van der Waals surface area (Å²) in [5.41, 5.74) is 0.787. The summed E-state index contributed by atoms with van der Waals surface area (Å²) in [5, 5.41) is 0. The Hall–Kier alpha value is -2.10. The maximum atomic E-state index is 11.5. The number of ether oxygens (including phenoxy) is 2. The van der Waals surface area contributed by atoms with E-state index in [9.17, 15) is 9.59 Å². The molecule has 0 unspecified atom stereocenters. The molecule has 1 aromatic carbocycles. The fourth-order valence-corrected chi connectivity index (χ4v) is 1.16. The minimum absolute atomic E-state index is 0.176. The Morgan fingerprint density at radius 1 is 1.06 bits per heavy atom. The second-order valence-corrected chi connectivity index (χ2v) is 2.94. The highest BCUT2D eigenvalue weighted by Gasteiger charge is 2.13. The average molecular weight is 220 g/mol. The molecule has 0 fully saturated rings. The summed E-state index contributed by atoms with van der Waals surface area (Å²) in [6.45, 7) is 0. The Kier molecular flexibility index (Phi) is 4.27. The van der Waals surface area contributed by atoms with Crippen molar-refractivity contribution in [2.45, 2.75) is 0 Å². The van der Waals surface area contributed by atoms with Crippen molar-refractivity contribution >= 4 is 17.5 Å². The quantitative estimate of drug-likeness (QED) is 0.571. The van der Waals surface area contributed by atoms with Crippen LogP contribution in [-0.2, 0) is 19.1 Å². The summed E-state index contributed by atoms with van der Waals surface area (Å²) in [4.78, 5) is 22.6. The van der Waals surface area contributed by atoms with Crippen molar-refractivity contribution in [3.8, 4) is 0 Å².